The van der Waals surface area contributed by atoms with Gasteiger partial charge in [-0.05, 0) is 24.9 Å². The van der Waals surface area contributed by atoms with Crippen LogP contribution in [0.3, 0.4) is 0 Å². The van der Waals surface area contributed by atoms with Gasteiger partial charge in [0.15, 0.2) is 5.16 Å². The lowest BCUT2D eigenvalue weighted by Crippen LogP contribution is -2.08. The molecule has 0 unspecified atom stereocenters. The van der Waals surface area contributed by atoms with Crippen LogP contribution in [0.25, 0.3) is 0 Å². The molecule has 0 aromatic carbocycles. The van der Waals surface area contributed by atoms with Gasteiger partial charge >= 0.3 is 5.97 Å². The van der Waals surface area contributed by atoms with E-state index in [1.807, 2.05) is 11.8 Å². The van der Waals surface area contributed by atoms with Gasteiger partial charge in [-0.3, -0.25) is 4.79 Å². The maximum atomic E-state index is 10.7. The van der Waals surface area contributed by atoms with Crippen LogP contribution < -0.4 is 0 Å². The van der Waals surface area contributed by atoms with Gasteiger partial charge in [0.25, 0.3) is 0 Å². The summed E-state index contributed by atoms with van der Waals surface area (Å²) in [6.07, 6.45) is 5.60. The molecule has 114 valence electrons. The summed E-state index contributed by atoms with van der Waals surface area (Å²) in [5.41, 5.74) is 0. The fourth-order valence-electron chi connectivity index (χ4n) is 1.86. The van der Waals surface area contributed by atoms with Crippen LogP contribution in [0.4, 0.5) is 0 Å². The Morgan fingerprint density at radius 1 is 1.30 bits per heavy atom. The lowest BCUT2D eigenvalue weighted by Gasteiger charge is -2.11. The minimum atomic E-state index is -0.824. The molecule has 7 heteroatoms. The average molecular weight is 317 g/mol. The van der Waals surface area contributed by atoms with E-state index in [-0.39, 0.29) is 5.75 Å². The second kappa shape index (κ2) is 9.28. The Balaban J connectivity index is 2.63. The first-order chi connectivity index (χ1) is 9.56. The number of unbranched alkanes of at least 4 members (excludes halogenated alkanes) is 2. The van der Waals surface area contributed by atoms with Crippen molar-refractivity contribution >= 4 is 29.5 Å². The summed E-state index contributed by atoms with van der Waals surface area (Å²) in [5, 5.41) is 17.8. The number of rotatable bonds is 10. The highest BCUT2D eigenvalue weighted by molar-refractivity contribution is 7.99. The highest BCUT2D eigenvalue weighted by atomic mass is 32.2. The van der Waals surface area contributed by atoms with E-state index in [9.17, 15) is 4.79 Å². The van der Waals surface area contributed by atoms with Crippen LogP contribution in [0, 0.1) is 0 Å². The highest BCUT2D eigenvalue weighted by Crippen LogP contribution is 2.22. The predicted octanol–water partition coefficient (Wildman–Crippen LogP) is 3.11. The van der Waals surface area contributed by atoms with E-state index in [2.05, 4.69) is 34.9 Å². The van der Waals surface area contributed by atoms with E-state index in [0.29, 0.717) is 5.92 Å². The zero-order chi connectivity index (χ0) is 15.0. The maximum absolute atomic E-state index is 10.7. The summed E-state index contributed by atoms with van der Waals surface area (Å²) in [4.78, 5) is 10.7. The zero-order valence-electron chi connectivity index (χ0n) is 12.3. The van der Waals surface area contributed by atoms with Crippen molar-refractivity contribution in [2.24, 2.45) is 0 Å². The van der Waals surface area contributed by atoms with Gasteiger partial charge in [0, 0.05) is 12.5 Å². The average Bonchev–Trinajstić information content (AvgIpc) is 2.79. The normalized spacial score (nSPS) is 11.2. The SMILES string of the molecule is CSCCCCCn1c(SCC(=O)O)nnc1C(C)C. The molecule has 0 atom stereocenters. The van der Waals surface area contributed by atoms with Crippen LogP contribution in [-0.4, -0.2) is 43.6 Å². The van der Waals surface area contributed by atoms with Gasteiger partial charge in [-0.25, -0.2) is 0 Å². The molecule has 1 aromatic rings. The van der Waals surface area contributed by atoms with Gasteiger partial charge in [-0.15, -0.1) is 10.2 Å². The highest BCUT2D eigenvalue weighted by Gasteiger charge is 2.15. The number of aromatic nitrogens is 3. The Bertz CT molecular complexity index is 422. The molecule has 1 rings (SSSR count). The van der Waals surface area contributed by atoms with Crippen molar-refractivity contribution in [2.45, 2.75) is 50.7 Å². The van der Waals surface area contributed by atoms with Gasteiger partial charge in [0.2, 0.25) is 0 Å². The molecule has 0 aliphatic heterocycles. The summed E-state index contributed by atoms with van der Waals surface area (Å²) in [7, 11) is 0. The van der Waals surface area contributed by atoms with Gasteiger partial charge in [-0.1, -0.05) is 32.0 Å². The first-order valence-corrected chi connectivity index (χ1v) is 9.20. The molecular weight excluding hydrogens is 294 g/mol. The standard InChI is InChI=1S/C13H23N3O2S2/c1-10(2)12-14-15-13(20-9-11(17)18)16(12)7-5-4-6-8-19-3/h10H,4-9H2,1-3H3,(H,17,18). The largest absolute Gasteiger partial charge is 0.481 e. The van der Waals surface area contributed by atoms with Gasteiger partial charge in [0.05, 0.1) is 5.75 Å². The molecule has 0 aliphatic carbocycles. The van der Waals surface area contributed by atoms with E-state index in [1.165, 1.54) is 30.4 Å². The topological polar surface area (TPSA) is 68.0 Å². The number of thioether (sulfide) groups is 2. The van der Waals surface area contributed by atoms with E-state index in [4.69, 9.17) is 5.11 Å². The summed E-state index contributed by atoms with van der Waals surface area (Å²) in [5.74, 6) is 1.65. The fraction of sp³-hybridized carbons (Fsp3) is 0.769. The minimum absolute atomic E-state index is 0.0305. The molecule has 0 fully saturated rings. The number of hydrogen-bond donors (Lipinski definition) is 1. The molecule has 0 amide bonds. The van der Waals surface area contributed by atoms with E-state index < -0.39 is 5.97 Å². The van der Waals surface area contributed by atoms with Crippen molar-refractivity contribution in [3.63, 3.8) is 0 Å². The lowest BCUT2D eigenvalue weighted by molar-refractivity contribution is -0.133. The summed E-state index contributed by atoms with van der Waals surface area (Å²) >= 11 is 3.12. The van der Waals surface area contributed by atoms with Crippen LogP contribution in [-0.2, 0) is 11.3 Å². The predicted molar refractivity (Wildman–Crippen MR) is 84.7 cm³/mol. The Morgan fingerprint density at radius 2 is 2.05 bits per heavy atom. The molecule has 0 aliphatic rings. The van der Waals surface area contributed by atoms with Crippen molar-refractivity contribution in [3.05, 3.63) is 5.82 Å². The molecule has 0 spiro atoms. The molecule has 1 heterocycles. The van der Waals surface area contributed by atoms with Crippen LogP contribution in [0.15, 0.2) is 5.16 Å². The second-order valence-electron chi connectivity index (χ2n) is 4.88. The van der Waals surface area contributed by atoms with Crippen molar-refractivity contribution < 1.29 is 9.90 Å². The molecule has 1 aromatic heterocycles. The Labute approximate surface area is 128 Å². The van der Waals surface area contributed by atoms with Crippen molar-refractivity contribution in [3.8, 4) is 0 Å². The Hall–Kier alpha value is -0.690. The summed E-state index contributed by atoms with van der Waals surface area (Å²) in [6, 6.07) is 0. The van der Waals surface area contributed by atoms with Crippen LogP contribution >= 0.6 is 23.5 Å². The number of hydrogen-bond acceptors (Lipinski definition) is 5. The molecule has 20 heavy (non-hydrogen) atoms. The van der Waals surface area contributed by atoms with E-state index in [0.717, 1.165) is 23.9 Å². The van der Waals surface area contributed by atoms with Crippen molar-refractivity contribution in [2.75, 3.05) is 17.8 Å². The summed E-state index contributed by atoms with van der Waals surface area (Å²) in [6.45, 7) is 5.04. The molecule has 0 saturated carbocycles. The van der Waals surface area contributed by atoms with Crippen LogP contribution in [0.1, 0.15) is 44.9 Å². The summed E-state index contributed by atoms with van der Waals surface area (Å²) < 4.78 is 2.08. The Morgan fingerprint density at radius 3 is 2.65 bits per heavy atom. The third-order valence-corrected chi connectivity index (χ3v) is 4.47. The first-order valence-electron chi connectivity index (χ1n) is 6.83. The van der Waals surface area contributed by atoms with E-state index >= 15 is 0 Å². The first kappa shape index (κ1) is 17.4. The van der Waals surface area contributed by atoms with Gasteiger partial charge in [0.1, 0.15) is 5.82 Å². The molecule has 1 N–H and O–H groups in total. The third kappa shape index (κ3) is 5.75. The third-order valence-electron chi connectivity index (χ3n) is 2.82. The van der Waals surface area contributed by atoms with Crippen LogP contribution in [0.5, 0.6) is 0 Å². The van der Waals surface area contributed by atoms with Crippen LogP contribution in [0.2, 0.25) is 0 Å². The van der Waals surface area contributed by atoms with Gasteiger partial charge in [-0.2, -0.15) is 11.8 Å². The Kier molecular flexibility index (Phi) is 8.06. The van der Waals surface area contributed by atoms with Crippen molar-refractivity contribution in [1.82, 2.24) is 14.8 Å². The zero-order valence-corrected chi connectivity index (χ0v) is 14.0. The smallest absolute Gasteiger partial charge is 0.313 e. The lowest BCUT2D eigenvalue weighted by atomic mass is 10.2. The monoisotopic (exact) mass is 317 g/mol. The fourth-order valence-corrected chi connectivity index (χ4v) is 3.05. The quantitative estimate of drug-likeness (QED) is 0.528. The van der Waals surface area contributed by atoms with Gasteiger partial charge < -0.3 is 9.67 Å². The number of carboxylic acids is 1. The minimum Gasteiger partial charge on any atom is -0.481 e. The molecule has 0 saturated heterocycles. The molecule has 5 nitrogen and oxygen atoms in total. The van der Waals surface area contributed by atoms with E-state index in [1.54, 1.807) is 0 Å². The van der Waals surface area contributed by atoms with Crippen molar-refractivity contribution in [1.29, 1.82) is 0 Å². The second-order valence-corrected chi connectivity index (χ2v) is 6.81. The molecular formula is C13H23N3O2S2. The number of carbonyl (C=O) groups is 1. The molecule has 0 radical (unpaired) electrons. The molecule has 0 bridgehead atoms. The number of aliphatic carboxylic acids is 1. The maximum Gasteiger partial charge on any atom is 0.313 e. The number of carboxylic acid groups (broad SMARTS) is 1. The number of nitrogens with zero attached hydrogens (tertiary/aromatic N) is 3.